The fraction of sp³-hybridized carbons (Fsp3) is 0.0833. The van der Waals surface area contributed by atoms with Gasteiger partial charge in [-0.25, -0.2) is 0 Å². The highest BCUT2D eigenvalue weighted by Gasteiger charge is 2.24. The predicted molar refractivity (Wildman–Crippen MR) is 110 cm³/mol. The Morgan fingerprint density at radius 2 is 1.32 bits per heavy atom. The summed E-state index contributed by atoms with van der Waals surface area (Å²) in [5, 5.41) is 3.83. The van der Waals surface area contributed by atoms with E-state index < -0.39 is 18.0 Å². The molecule has 1 unspecified atom stereocenters. The second kappa shape index (κ2) is 7.53. The summed E-state index contributed by atoms with van der Waals surface area (Å²) in [5.74, 6) is -1.18. The van der Waals surface area contributed by atoms with Crippen LogP contribution in [-0.4, -0.2) is 11.9 Å². The summed E-state index contributed by atoms with van der Waals surface area (Å²) in [4.78, 5) is 24.7. The third-order valence-corrected chi connectivity index (χ3v) is 4.83. The highest BCUT2D eigenvalue weighted by Crippen LogP contribution is 2.27. The molecule has 0 spiro atoms. The molecule has 0 saturated heterocycles. The van der Waals surface area contributed by atoms with Crippen LogP contribution in [0.4, 0.5) is 0 Å². The van der Waals surface area contributed by atoms with Crippen LogP contribution in [0.5, 0.6) is 0 Å². The minimum absolute atomic E-state index is 0.0654. The van der Waals surface area contributed by atoms with Gasteiger partial charge in [-0.15, -0.1) is 0 Å². The number of nitrogens with two attached hydrogens (primary N) is 1. The number of rotatable bonds is 5. The molecule has 0 radical (unpaired) electrons. The summed E-state index contributed by atoms with van der Waals surface area (Å²) in [6, 6.07) is 26.8. The molecule has 4 nitrogen and oxygen atoms in total. The van der Waals surface area contributed by atoms with Gasteiger partial charge in [-0.3, -0.25) is 9.59 Å². The van der Waals surface area contributed by atoms with Crippen LogP contribution in [0.25, 0.3) is 21.5 Å². The minimum Gasteiger partial charge on any atom is -0.447 e. The Kier molecular flexibility index (Phi) is 4.77. The minimum atomic E-state index is -1.13. The van der Waals surface area contributed by atoms with E-state index in [1.165, 1.54) is 0 Å². The summed E-state index contributed by atoms with van der Waals surface area (Å²) >= 11 is 0. The maximum Gasteiger partial charge on any atom is 0.311 e. The quantitative estimate of drug-likeness (QED) is 0.533. The molecule has 0 aromatic heterocycles. The van der Waals surface area contributed by atoms with Crippen molar-refractivity contribution < 1.29 is 14.3 Å². The summed E-state index contributed by atoms with van der Waals surface area (Å²) in [6.45, 7) is 0. The number of amides is 1. The van der Waals surface area contributed by atoms with Gasteiger partial charge in [-0.1, -0.05) is 84.9 Å². The largest absolute Gasteiger partial charge is 0.447 e. The zero-order chi connectivity index (χ0) is 19.5. The highest BCUT2D eigenvalue weighted by molar-refractivity contribution is 5.93. The van der Waals surface area contributed by atoms with E-state index in [0.29, 0.717) is 5.56 Å². The topological polar surface area (TPSA) is 69.4 Å². The standard InChI is InChI=1S/C24H19NO3/c25-24(27)23(21-14-6-10-17-8-2-4-13-20(17)21)28-22(26)15-18-11-5-9-16-7-1-3-12-19(16)18/h1-14,23H,15H2,(H2,25,27). The van der Waals surface area contributed by atoms with Gasteiger partial charge in [0.05, 0.1) is 6.42 Å². The lowest BCUT2D eigenvalue weighted by molar-refractivity contribution is -0.154. The van der Waals surface area contributed by atoms with Gasteiger partial charge in [0.2, 0.25) is 6.10 Å². The lowest BCUT2D eigenvalue weighted by Gasteiger charge is -2.17. The molecule has 4 aromatic carbocycles. The molecular weight excluding hydrogens is 350 g/mol. The van der Waals surface area contributed by atoms with E-state index in [-0.39, 0.29) is 6.42 Å². The Morgan fingerprint density at radius 3 is 2.04 bits per heavy atom. The molecule has 28 heavy (non-hydrogen) atoms. The number of carbonyl (C=O) groups excluding carboxylic acids is 2. The molecule has 0 saturated carbocycles. The number of esters is 1. The molecule has 4 aromatic rings. The Bertz CT molecular complexity index is 1170. The molecule has 138 valence electrons. The monoisotopic (exact) mass is 369 g/mol. The molecule has 0 fully saturated rings. The van der Waals surface area contributed by atoms with Gasteiger partial charge in [0.25, 0.3) is 5.91 Å². The van der Waals surface area contributed by atoms with Crippen molar-refractivity contribution in [3.63, 3.8) is 0 Å². The first-order chi connectivity index (χ1) is 13.6. The van der Waals surface area contributed by atoms with Crippen LogP contribution in [0.3, 0.4) is 0 Å². The van der Waals surface area contributed by atoms with Gasteiger partial charge >= 0.3 is 5.97 Å². The maximum absolute atomic E-state index is 12.7. The third kappa shape index (κ3) is 3.45. The Balaban J connectivity index is 1.63. The fourth-order valence-corrected chi connectivity index (χ4v) is 3.53. The van der Waals surface area contributed by atoms with Crippen molar-refractivity contribution in [2.75, 3.05) is 0 Å². The molecule has 0 aliphatic rings. The van der Waals surface area contributed by atoms with E-state index in [1.807, 2.05) is 78.9 Å². The van der Waals surface area contributed by atoms with Crippen LogP contribution in [0.15, 0.2) is 84.9 Å². The van der Waals surface area contributed by atoms with E-state index >= 15 is 0 Å². The van der Waals surface area contributed by atoms with E-state index in [2.05, 4.69) is 0 Å². The SMILES string of the molecule is NC(=O)C(OC(=O)Cc1cccc2ccccc12)c1cccc2ccccc12. The fourth-order valence-electron chi connectivity index (χ4n) is 3.53. The van der Waals surface area contributed by atoms with E-state index in [4.69, 9.17) is 10.5 Å². The average molecular weight is 369 g/mol. The molecule has 0 bridgehead atoms. The molecule has 4 rings (SSSR count). The predicted octanol–water partition coefficient (Wildman–Crippen LogP) is 4.31. The van der Waals surface area contributed by atoms with Gasteiger partial charge in [-0.2, -0.15) is 0 Å². The molecule has 1 amide bonds. The van der Waals surface area contributed by atoms with E-state index in [9.17, 15) is 9.59 Å². The summed E-state index contributed by atoms with van der Waals surface area (Å²) in [5.41, 5.74) is 7.02. The third-order valence-electron chi connectivity index (χ3n) is 4.83. The van der Waals surface area contributed by atoms with Crippen molar-refractivity contribution in [1.82, 2.24) is 0 Å². The molecule has 1 atom stereocenters. The summed E-state index contributed by atoms with van der Waals surface area (Å²) in [6.07, 6.45) is -1.07. The number of hydrogen-bond donors (Lipinski definition) is 1. The van der Waals surface area contributed by atoms with Crippen molar-refractivity contribution in [3.05, 3.63) is 96.1 Å². The molecule has 0 heterocycles. The smallest absolute Gasteiger partial charge is 0.311 e. The second-order valence-electron chi connectivity index (χ2n) is 6.66. The van der Waals surface area contributed by atoms with Crippen LogP contribution in [0.1, 0.15) is 17.2 Å². The van der Waals surface area contributed by atoms with Crippen molar-refractivity contribution in [1.29, 1.82) is 0 Å². The zero-order valence-electron chi connectivity index (χ0n) is 15.2. The van der Waals surface area contributed by atoms with Crippen LogP contribution in [0, 0.1) is 0 Å². The number of fused-ring (bicyclic) bond motifs is 2. The maximum atomic E-state index is 12.7. The number of hydrogen-bond acceptors (Lipinski definition) is 3. The van der Waals surface area contributed by atoms with Gasteiger partial charge in [-0.05, 0) is 27.1 Å². The van der Waals surface area contributed by atoms with Crippen molar-refractivity contribution in [3.8, 4) is 0 Å². The van der Waals surface area contributed by atoms with Gasteiger partial charge < -0.3 is 10.5 Å². The van der Waals surface area contributed by atoms with Crippen LogP contribution in [-0.2, 0) is 20.7 Å². The number of carbonyl (C=O) groups is 2. The second-order valence-corrected chi connectivity index (χ2v) is 6.66. The Hall–Kier alpha value is -3.66. The molecule has 2 N–H and O–H groups in total. The van der Waals surface area contributed by atoms with E-state index in [0.717, 1.165) is 27.1 Å². The van der Waals surface area contributed by atoms with Crippen LogP contribution in [0.2, 0.25) is 0 Å². The summed E-state index contributed by atoms with van der Waals surface area (Å²) < 4.78 is 5.55. The van der Waals surface area contributed by atoms with Crippen molar-refractivity contribution >= 4 is 33.4 Å². The van der Waals surface area contributed by atoms with Crippen molar-refractivity contribution in [2.24, 2.45) is 5.73 Å². The first kappa shape index (κ1) is 17.7. The highest BCUT2D eigenvalue weighted by atomic mass is 16.5. The lowest BCUT2D eigenvalue weighted by atomic mass is 9.99. The first-order valence-electron chi connectivity index (χ1n) is 9.06. The van der Waals surface area contributed by atoms with Crippen LogP contribution < -0.4 is 5.73 Å². The Labute approximate surface area is 162 Å². The normalized spacial score (nSPS) is 12.0. The van der Waals surface area contributed by atoms with Crippen LogP contribution >= 0.6 is 0 Å². The Morgan fingerprint density at radius 1 is 0.750 bits per heavy atom. The number of primary amides is 1. The number of benzene rings is 4. The van der Waals surface area contributed by atoms with Gasteiger partial charge in [0, 0.05) is 5.56 Å². The summed E-state index contributed by atoms with van der Waals surface area (Å²) in [7, 11) is 0. The lowest BCUT2D eigenvalue weighted by Crippen LogP contribution is -2.27. The average Bonchev–Trinajstić information content (AvgIpc) is 2.72. The zero-order valence-corrected chi connectivity index (χ0v) is 15.2. The number of ether oxygens (including phenoxy) is 1. The van der Waals surface area contributed by atoms with Crippen molar-refractivity contribution in [2.45, 2.75) is 12.5 Å². The van der Waals surface area contributed by atoms with E-state index in [1.54, 1.807) is 6.07 Å². The molecule has 0 aliphatic heterocycles. The first-order valence-corrected chi connectivity index (χ1v) is 9.06. The molecule has 0 aliphatic carbocycles. The molecular formula is C24H19NO3. The molecule has 4 heteroatoms. The van der Waals surface area contributed by atoms with Gasteiger partial charge in [0.1, 0.15) is 0 Å². The van der Waals surface area contributed by atoms with Gasteiger partial charge in [0.15, 0.2) is 0 Å².